The summed E-state index contributed by atoms with van der Waals surface area (Å²) in [6.45, 7) is 2.04. The van der Waals surface area contributed by atoms with Crippen molar-refractivity contribution in [3.8, 4) is 11.3 Å². The van der Waals surface area contributed by atoms with Gasteiger partial charge in [0.1, 0.15) is 17.3 Å². The van der Waals surface area contributed by atoms with Crippen molar-refractivity contribution < 1.29 is 0 Å². The Labute approximate surface area is 110 Å². The highest BCUT2D eigenvalue weighted by molar-refractivity contribution is 6.35. The fourth-order valence-electron chi connectivity index (χ4n) is 1.78. The van der Waals surface area contributed by atoms with Crippen molar-refractivity contribution in [1.82, 2.24) is 9.55 Å². The molecule has 2 N–H and O–H groups in total. The lowest BCUT2D eigenvalue weighted by Gasteiger charge is -2.02. The van der Waals surface area contributed by atoms with E-state index < -0.39 is 0 Å². The van der Waals surface area contributed by atoms with Crippen molar-refractivity contribution in [2.75, 3.05) is 5.73 Å². The molecule has 0 saturated heterocycles. The molecule has 0 amide bonds. The van der Waals surface area contributed by atoms with Crippen LogP contribution >= 0.6 is 23.2 Å². The van der Waals surface area contributed by atoms with Gasteiger partial charge in [0.2, 0.25) is 0 Å². The van der Waals surface area contributed by atoms with Gasteiger partial charge in [-0.3, -0.25) is 0 Å². The van der Waals surface area contributed by atoms with Gasteiger partial charge in [-0.25, -0.2) is 4.98 Å². The zero-order valence-corrected chi connectivity index (χ0v) is 11.2. The number of benzene rings is 1. The summed E-state index contributed by atoms with van der Waals surface area (Å²) in [6, 6.07) is 5.31. The molecular weight excluding hydrogens is 257 g/mol. The van der Waals surface area contributed by atoms with Gasteiger partial charge in [0.25, 0.3) is 0 Å². The number of anilines is 1. The summed E-state index contributed by atoms with van der Waals surface area (Å²) in [4.78, 5) is 4.50. The molecule has 0 radical (unpaired) electrons. The van der Waals surface area contributed by atoms with Crippen molar-refractivity contribution in [1.29, 1.82) is 0 Å². The summed E-state index contributed by atoms with van der Waals surface area (Å²) in [6.07, 6.45) is 0.828. The average Bonchev–Trinajstić information content (AvgIpc) is 2.54. The number of nitrogens with two attached hydrogens (primary N) is 1. The van der Waals surface area contributed by atoms with Gasteiger partial charge < -0.3 is 10.3 Å². The zero-order chi connectivity index (χ0) is 12.6. The van der Waals surface area contributed by atoms with Crippen molar-refractivity contribution in [3.05, 3.63) is 34.1 Å². The monoisotopic (exact) mass is 269 g/mol. The van der Waals surface area contributed by atoms with Crippen LogP contribution in [0.1, 0.15) is 12.7 Å². The van der Waals surface area contributed by atoms with E-state index in [4.69, 9.17) is 28.9 Å². The minimum absolute atomic E-state index is 0.579. The van der Waals surface area contributed by atoms with Crippen molar-refractivity contribution in [3.63, 3.8) is 0 Å². The van der Waals surface area contributed by atoms with E-state index in [2.05, 4.69) is 4.98 Å². The number of nitrogen functional groups attached to an aromatic ring is 1. The maximum absolute atomic E-state index is 6.03. The third-order valence-corrected chi connectivity index (χ3v) is 3.12. The average molecular weight is 270 g/mol. The standard InChI is InChI=1S/C12H13Cl2N3/c1-3-10-16-11(12(15)17(10)2)7-4-8(13)6-9(14)5-7/h4-6H,3,15H2,1-2H3. The molecular formula is C12H13Cl2N3. The van der Waals surface area contributed by atoms with E-state index in [1.165, 1.54) is 0 Å². The number of aromatic nitrogens is 2. The van der Waals surface area contributed by atoms with Crippen LogP contribution in [-0.2, 0) is 13.5 Å². The first kappa shape index (κ1) is 12.3. The van der Waals surface area contributed by atoms with E-state index in [9.17, 15) is 0 Å². The van der Waals surface area contributed by atoms with Crippen LogP contribution < -0.4 is 5.73 Å². The predicted octanol–water partition coefficient (Wildman–Crippen LogP) is 3.54. The van der Waals surface area contributed by atoms with Crippen molar-refractivity contribution >= 4 is 29.0 Å². The van der Waals surface area contributed by atoms with Gasteiger partial charge in [-0.15, -0.1) is 0 Å². The third-order valence-electron chi connectivity index (χ3n) is 2.68. The number of hydrogen-bond donors (Lipinski definition) is 1. The van der Waals surface area contributed by atoms with Gasteiger partial charge in [-0.2, -0.15) is 0 Å². The summed E-state index contributed by atoms with van der Waals surface area (Å²) < 4.78 is 1.88. The Morgan fingerprint density at radius 1 is 1.24 bits per heavy atom. The van der Waals surface area contributed by atoms with Gasteiger partial charge in [0.15, 0.2) is 0 Å². The molecule has 0 atom stereocenters. The van der Waals surface area contributed by atoms with Crippen LogP contribution in [0.3, 0.4) is 0 Å². The van der Waals surface area contributed by atoms with E-state index in [0.29, 0.717) is 15.9 Å². The fraction of sp³-hybridized carbons (Fsp3) is 0.250. The highest BCUT2D eigenvalue weighted by Gasteiger charge is 2.13. The predicted molar refractivity (Wildman–Crippen MR) is 72.5 cm³/mol. The molecule has 0 unspecified atom stereocenters. The third kappa shape index (κ3) is 2.26. The summed E-state index contributed by atoms with van der Waals surface area (Å²) in [7, 11) is 1.90. The van der Waals surface area contributed by atoms with Crippen LogP contribution in [0.15, 0.2) is 18.2 Å². The molecule has 2 rings (SSSR count). The number of rotatable bonds is 2. The van der Waals surface area contributed by atoms with Gasteiger partial charge in [0, 0.05) is 29.1 Å². The Hall–Kier alpha value is -1.19. The summed E-state index contributed by atoms with van der Waals surface area (Å²) in [5.74, 6) is 1.56. The van der Waals surface area contributed by atoms with Crippen LogP contribution in [-0.4, -0.2) is 9.55 Å². The van der Waals surface area contributed by atoms with E-state index in [1.54, 1.807) is 6.07 Å². The fourth-order valence-corrected chi connectivity index (χ4v) is 2.30. The molecule has 5 heteroatoms. The van der Waals surface area contributed by atoms with Crippen LogP contribution in [0.25, 0.3) is 11.3 Å². The minimum Gasteiger partial charge on any atom is -0.383 e. The highest BCUT2D eigenvalue weighted by Crippen LogP contribution is 2.30. The molecule has 0 aliphatic carbocycles. The number of halogens is 2. The molecule has 0 aliphatic heterocycles. The highest BCUT2D eigenvalue weighted by atomic mass is 35.5. The van der Waals surface area contributed by atoms with Crippen LogP contribution in [0, 0.1) is 0 Å². The second kappa shape index (κ2) is 4.59. The second-order valence-corrected chi connectivity index (χ2v) is 4.71. The van der Waals surface area contributed by atoms with Gasteiger partial charge in [0.05, 0.1) is 0 Å². The molecule has 1 aromatic heterocycles. The van der Waals surface area contributed by atoms with Crippen molar-refractivity contribution in [2.45, 2.75) is 13.3 Å². The topological polar surface area (TPSA) is 43.8 Å². The molecule has 0 saturated carbocycles. The largest absolute Gasteiger partial charge is 0.383 e. The molecule has 3 nitrogen and oxygen atoms in total. The molecule has 0 spiro atoms. The first-order valence-electron chi connectivity index (χ1n) is 5.30. The molecule has 0 aliphatic rings. The maximum Gasteiger partial charge on any atom is 0.131 e. The van der Waals surface area contributed by atoms with Gasteiger partial charge in [-0.1, -0.05) is 30.1 Å². The molecule has 1 heterocycles. The lowest BCUT2D eigenvalue weighted by atomic mass is 10.1. The quantitative estimate of drug-likeness (QED) is 0.907. The van der Waals surface area contributed by atoms with Crippen LogP contribution in [0.2, 0.25) is 10.0 Å². The second-order valence-electron chi connectivity index (χ2n) is 3.83. The molecule has 0 fully saturated rings. The van der Waals surface area contributed by atoms with Crippen LogP contribution in [0.4, 0.5) is 5.82 Å². The molecule has 2 aromatic rings. The molecule has 0 bridgehead atoms. The summed E-state index contributed by atoms with van der Waals surface area (Å²) in [5.41, 5.74) is 7.60. The summed E-state index contributed by atoms with van der Waals surface area (Å²) >= 11 is 11.9. The van der Waals surface area contributed by atoms with E-state index in [-0.39, 0.29) is 0 Å². The lowest BCUT2D eigenvalue weighted by molar-refractivity contribution is 0.816. The van der Waals surface area contributed by atoms with Gasteiger partial charge >= 0.3 is 0 Å². The Morgan fingerprint density at radius 2 is 1.82 bits per heavy atom. The SMILES string of the molecule is CCc1nc(-c2cc(Cl)cc(Cl)c2)c(N)n1C. The molecule has 90 valence electrons. The smallest absolute Gasteiger partial charge is 0.131 e. The van der Waals surface area contributed by atoms with E-state index >= 15 is 0 Å². The number of hydrogen-bond acceptors (Lipinski definition) is 2. The van der Waals surface area contributed by atoms with Gasteiger partial charge in [-0.05, 0) is 18.2 Å². The zero-order valence-electron chi connectivity index (χ0n) is 9.67. The maximum atomic E-state index is 6.03. The Balaban J connectivity index is 2.60. The Morgan fingerprint density at radius 3 is 2.29 bits per heavy atom. The first-order valence-corrected chi connectivity index (χ1v) is 6.06. The minimum atomic E-state index is 0.579. The number of aryl methyl sites for hydroxylation is 1. The molecule has 1 aromatic carbocycles. The molecule has 17 heavy (non-hydrogen) atoms. The lowest BCUT2D eigenvalue weighted by Crippen LogP contribution is -2.00. The van der Waals surface area contributed by atoms with E-state index in [0.717, 1.165) is 23.5 Å². The number of nitrogens with zero attached hydrogens (tertiary/aromatic N) is 2. The Kier molecular flexibility index (Phi) is 3.31. The van der Waals surface area contributed by atoms with Crippen LogP contribution in [0.5, 0.6) is 0 Å². The van der Waals surface area contributed by atoms with E-state index in [1.807, 2.05) is 30.7 Å². The Bertz CT molecular complexity index is 541. The summed E-state index contributed by atoms with van der Waals surface area (Å²) in [5, 5.41) is 1.16. The normalized spacial score (nSPS) is 10.8. The first-order chi connectivity index (χ1) is 8.02. The van der Waals surface area contributed by atoms with Crippen molar-refractivity contribution in [2.24, 2.45) is 7.05 Å². The number of imidazole rings is 1.